The predicted octanol–water partition coefficient (Wildman–Crippen LogP) is 1.99. The second-order valence-electron chi connectivity index (χ2n) is 2.82. The second kappa shape index (κ2) is 4.45. The van der Waals surface area contributed by atoms with Gasteiger partial charge in [0.15, 0.2) is 5.78 Å². The van der Waals surface area contributed by atoms with Crippen LogP contribution in [0.1, 0.15) is 16.8 Å². The minimum atomic E-state index is 0.0972. The third kappa shape index (κ3) is 2.75. The molecule has 1 N–H and O–H groups in total. The summed E-state index contributed by atoms with van der Waals surface area (Å²) >= 11 is 0. The SMILES string of the molecule is C=C(CC(=O)c1ccccc1)NC. The minimum Gasteiger partial charge on any atom is -0.392 e. The van der Waals surface area contributed by atoms with Crippen molar-refractivity contribution < 1.29 is 4.79 Å². The lowest BCUT2D eigenvalue weighted by molar-refractivity contribution is 0.0991. The van der Waals surface area contributed by atoms with Crippen molar-refractivity contribution in [1.82, 2.24) is 5.32 Å². The molecule has 68 valence electrons. The summed E-state index contributed by atoms with van der Waals surface area (Å²) in [6.45, 7) is 3.71. The molecule has 0 saturated heterocycles. The van der Waals surface area contributed by atoms with E-state index >= 15 is 0 Å². The van der Waals surface area contributed by atoms with Gasteiger partial charge in [0.25, 0.3) is 0 Å². The molecule has 13 heavy (non-hydrogen) atoms. The zero-order valence-corrected chi connectivity index (χ0v) is 7.71. The van der Waals surface area contributed by atoms with E-state index in [9.17, 15) is 4.79 Å². The van der Waals surface area contributed by atoms with Gasteiger partial charge in [-0.1, -0.05) is 36.9 Å². The smallest absolute Gasteiger partial charge is 0.168 e. The highest BCUT2D eigenvalue weighted by atomic mass is 16.1. The first-order valence-corrected chi connectivity index (χ1v) is 4.18. The van der Waals surface area contributed by atoms with E-state index in [0.717, 1.165) is 11.3 Å². The molecule has 2 heteroatoms. The van der Waals surface area contributed by atoms with Crippen LogP contribution in [0.25, 0.3) is 0 Å². The highest BCUT2D eigenvalue weighted by molar-refractivity contribution is 5.97. The topological polar surface area (TPSA) is 29.1 Å². The van der Waals surface area contributed by atoms with Gasteiger partial charge in [0.2, 0.25) is 0 Å². The fraction of sp³-hybridized carbons (Fsp3) is 0.182. The van der Waals surface area contributed by atoms with Crippen molar-refractivity contribution in [2.24, 2.45) is 0 Å². The van der Waals surface area contributed by atoms with Gasteiger partial charge in [0.1, 0.15) is 0 Å². The summed E-state index contributed by atoms with van der Waals surface area (Å²) in [6, 6.07) is 9.23. The molecule has 0 aliphatic rings. The van der Waals surface area contributed by atoms with E-state index in [1.807, 2.05) is 30.3 Å². The summed E-state index contributed by atoms with van der Waals surface area (Å²) in [5.74, 6) is 0.0972. The summed E-state index contributed by atoms with van der Waals surface area (Å²) in [5.41, 5.74) is 1.48. The van der Waals surface area contributed by atoms with Crippen LogP contribution in [0.3, 0.4) is 0 Å². The van der Waals surface area contributed by atoms with E-state index < -0.39 is 0 Å². The van der Waals surface area contributed by atoms with Crippen LogP contribution in [-0.2, 0) is 0 Å². The summed E-state index contributed by atoms with van der Waals surface area (Å²) < 4.78 is 0. The third-order valence-corrected chi connectivity index (χ3v) is 1.82. The monoisotopic (exact) mass is 175 g/mol. The van der Waals surface area contributed by atoms with Crippen molar-refractivity contribution in [3.05, 3.63) is 48.2 Å². The Morgan fingerprint density at radius 2 is 2.00 bits per heavy atom. The first kappa shape index (κ1) is 9.52. The molecule has 0 saturated carbocycles. The number of Topliss-reactive ketones (excluding diaryl/α,β-unsaturated/α-hetero) is 1. The van der Waals surface area contributed by atoms with Crippen molar-refractivity contribution in [3.63, 3.8) is 0 Å². The van der Waals surface area contributed by atoms with Crippen LogP contribution in [0, 0.1) is 0 Å². The Hall–Kier alpha value is -1.57. The van der Waals surface area contributed by atoms with Crippen molar-refractivity contribution in [2.45, 2.75) is 6.42 Å². The molecule has 2 nitrogen and oxygen atoms in total. The number of benzene rings is 1. The first-order valence-electron chi connectivity index (χ1n) is 4.18. The molecule has 1 rings (SSSR count). The Morgan fingerprint density at radius 1 is 1.38 bits per heavy atom. The molecule has 0 aliphatic carbocycles. The van der Waals surface area contributed by atoms with Gasteiger partial charge in [-0.2, -0.15) is 0 Å². The number of rotatable bonds is 4. The number of carbonyl (C=O) groups excluding carboxylic acids is 1. The maximum absolute atomic E-state index is 11.5. The fourth-order valence-electron chi connectivity index (χ4n) is 1.01. The van der Waals surface area contributed by atoms with Crippen LogP contribution in [0.15, 0.2) is 42.6 Å². The summed E-state index contributed by atoms with van der Waals surface area (Å²) in [6.07, 6.45) is 0.362. The number of carbonyl (C=O) groups is 1. The van der Waals surface area contributed by atoms with E-state index in [4.69, 9.17) is 0 Å². The molecule has 1 aromatic rings. The number of ketones is 1. The molecule has 0 aromatic heterocycles. The van der Waals surface area contributed by atoms with E-state index in [-0.39, 0.29) is 5.78 Å². The third-order valence-electron chi connectivity index (χ3n) is 1.82. The van der Waals surface area contributed by atoms with E-state index in [0.29, 0.717) is 6.42 Å². The lowest BCUT2D eigenvalue weighted by Crippen LogP contribution is -2.09. The van der Waals surface area contributed by atoms with Crippen LogP contribution in [0.5, 0.6) is 0 Å². The molecule has 0 atom stereocenters. The van der Waals surface area contributed by atoms with Crippen LogP contribution >= 0.6 is 0 Å². The van der Waals surface area contributed by atoms with E-state index in [1.165, 1.54) is 0 Å². The molecular formula is C11H13NO. The maximum atomic E-state index is 11.5. The highest BCUT2D eigenvalue weighted by Crippen LogP contribution is 2.05. The van der Waals surface area contributed by atoms with Crippen LogP contribution in [0.4, 0.5) is 0 Å². The molecule has 0 unspecified atom stereocenters. The molecule has 0 spiro atoms. The van der Waals surface area contributed by atoms with E-state index in [1.54, 1.807) is 7.05 Å². The number of allylic oxidation sites excluding steroid dienone is 1. The van der Waals surface area contributed by atoms with Crippen molar-refractivity contribution in [1.29, 1.82) is 0 Å². The Labute approximate surface area is 78.3 Å². The zero-order chi connectivity index (χ0) is 9.68. The molecule has 0 amide bonds. The van der Waals surface area contributed by atoms with Gasteiger partial charge in [-0.05, 0) is 0 Å². The van der Waals surface area contributed by atoms with Gasteiger partial charge in [0, 0.05) is 18.3 Å². The lowest BCUT2D eigenvalue weighted by atomic mass is 10.1. The first-order chi connectivity index (χ1) is 6.24. The molecule has 1 aromatic carbocycles. The molecule has 0 bridgehead atoms. The minimum absolute atomic E-state index is 0.0972. The van der Waals surface area contributed by atoms with Crippen LogP contribution < -0.4 is 5.32 Å². The van der Waals surface area contributed by atoms with Gasteiger partial charge in [-0.15, -0.1) is 0 Å². The maximum Gasteiger partial charge on any atom is 0.168 e. The Bertz CT molecular complexity index is 303. The van der Waals surface area contributed by atoms with Gasteiger partial charge < -0.3 is 5.32 Å². The number of hydrogen-bond acceptors (Lipinski definition) is 2. The Balaban J connectivity index is 2.65. The highest BCUT2D eigenvalue weighted by Gasteiger charge is 2.05. The van der Waals surface area contributed by atoms with Crippen LogP contribution in [0.2, 0.25) is 0 Å². The average Bonchev–Trinajstić information content (AvgIpc) is 2.19. The van der Waals surface area contributed by atoms with Crippen molar-refractivity contribution in [3.8, 4) is 0 Å². The fourth-order valence-corrected chi connectivity index (χ4v) is 1.01. The van der Waals surface area contributed by atoms with Crippen molar-refractivity contribution >= 4 is 5.78 Å². The Morgan fingerprint density at radius 3 is 2.54 bits per heavy atom. The summed E-state index contributed by atoms with van der Waals surface area (Å²) in [4.78, 5) is 11.5. The zero-order valence-electron chi connectivity index (χ0n) is 7.71. The predicted molar refractivity (Wildman–Crippen MR) is 53.6 cm³/mol. The molecular weight excluding hydrogens is 162 g/mol. The average molecular weight is 175 g/mol. The lowest BCUT2D eigenvalue weighted by Gasteiger charge is -2.03. The number of nitrogens with one attached hydrogen (secondary N) is 1. The Kier molecular flexibility index (Phi) is 3.26. The molecule has 0 aliphatic heterocycles. The second-order valence-corrected chi connectivity index (χ2v) is 2.82. The standard InChI is InChI=1S/C11H13NO/c1-9(12-2)8-11(13)10-6-4-3-5-7-10/h3-7,12H,1,8H2,2H3. The van der Waals surface area contributed by atoms with Gasteiger partial charge in [-0.25, -0.2) is 0 Å². The quantitative estimate of drug-likeness (QED) is 0.709. The van der Waals surface area contributed by atoms with Gasteiger partial charge in [0.05, 0.1) is 6.42 Å². The summed E-state index contributed by atoms with van der Waals surface area (Å²) in [5, 5.41) is 2.85. The number of hydrogen-bond donors (Lipinski definition) is 1. The summed E-state index contributed by atoms with van der Waals surface area (Å²) in [7, 11) is 1.76. The molecule has 0 fully saturated rings. The van der Waals surface area contributed by atoms with Crippen LogP contribution in [-0.4, -0.2) is 12.8 Å². The van der Waals surface area contributed by atoms with Gasteiger partial charge >= 0.3 is 0 Å². The molecule has 0 radical (unpaired) electrons. The molecule has 0 heterocycles. The largest absolute Gasteiger partial charge is 0.392 e. The normalized spacial score (nSPS) is 9.31. The van der Waals surface area contributed by atoms with Crippen molar-refractivity contribution in [2.75, 3.05) is 7.05 Å². The van der Waals surface area contributed by atoms with E-state index in [2.05, 4.69) is 11.9 Å². The van der Waals surface area contributed by atoms with Gasteiger partial charge in [-0.3, -0.25) is 4.79 Å².